The standard InChI is InChI=1S/C18H11ClN4O2S/c19-9-5-6-11-12(7-9)21-18(20-11)26-8-14-22-15-10-3-1-2-4-13(10)25-16(15)17(24)23-14/h1-7H,8H2,(H,20,21)(H,22,23,24). The molecule has 0 atom stereocenters. The molecule has 0 spiro atoms. The lowest BCUT2D eigenvalue weighted by atomic mass is 10.2. The number of aromatic nitrogens is 4. The highest BCUT2D eigenvalue weighted by Crippen LogP contribution is 2.27. The summed E-state index contributed by atoms with van der Waals surface area (Å²) in [6.07, 6.45) is 0. The second-order valence-electron chi connectivity index (χ2n) is 5.78. The smallest absolute Gasteiger partial charge is 0.294 e. The molecule has 3 heterocycles. The second kappa shape index (κ2) is 5.89. The minimum atomic E-state index is -0.279. The van der Waals surface area contributed by atoms with Crippen LogP contribution in [0.1, 0.15) is 5.82 Å². The molecule has 0 bridgehead atoms. The first kappa shape index (κ1) is 15.5. The molecule has 5 aromatic rings. The Balaban J connectivity index is 1.50. The lowest BCUT2D eigenvalue weighted by Gasteiger charge is -1.98. The number of aromatic amines is 2. The van der Waals surface area contributed by atoms with Gasteiger partial charge in [0.05, 0.1) is 16.8 Å². The molecule has 3 aromatic heterocycles. The van der Waals surface area contributed by atoms with E-state index < -0.39 is 0 Å². The van der Waals surface area contributed by atoms with Crippen LogP contribution < -0.4 is 5.56 Å². The molecule has 0 aliphatic heterocycles. The molecular weight excluding hydrogens is 372 g/mol. The summed E-state index contributed by atoms with van der Waals surface area (Å²) in [7, 11) is 0. The number of nitrogens with one attached hydrogen (secondary N) is 2. The van der Waals surface area contributed by atoms with Gasteiger partial charge in [0.15, 0.2) is 5.16 Å². The van der Waals surface area contributed by atoms with Crippen LogP contribution in [0.3, 0.4) is 0 Å². The van der Waals surface area contributed by atoms with Crippen molar-refractivity contribution in [1.82, 2.24) is 19.9 Å². The molecule has 2 aromatic carbocycles. The third kappa shape index (κ3) is 2.56. The molecule has 0 radical (unpaired) electrons. The zero-order chi connectivity index (χ0) is 17.7. The molecule has 128 valence electrons. The van der Waals surface area contributed by atoms with Crippen molar-refractivity contribution in [2.24, 2.45) is 0 Å². The van der Waals surface area contributed by atoms with E-state index in [0.29, 0.717) is 27.7 Å². The normalized spacial score (nSPS) is 11.7. The topological polar surface area (TPSA) is 87.6 Å². The Morgan fingerprint density at radius 2 is 2.00 bits per heavy atom. The maximum absolute atomic E-state index is 12.3. The average Bonchev–Trinajstić information content (AvgIpc) is 3.21. The monoisotopic (exact) mass is 382 g/mol. The number of H-pyrrole nitrogens is 2. The molecule has 6 nitrogen and oxygen atoms in total. The minimum absolute atomic E-state index is 0.248. The van der Waals surface area contributed by atoms with Gasteiger partial charge in [-0.05, 0) is 30.3 Å². The number of imidazole rings is 1. The Kier molecular flexibility index (Phi) is 3.51. The van der Waals surface area contributed by atoms with Gasteiger partial charge in [-0.1, -0.05) is 35.5 Å². The Hall–Kier alpha value is -2.77. The van der Waals surface area contributed by atoms with Crippen LogP contribution in [-0.2, 0) is 5.75 Å². The maximum Gasteiger partial charge on any atom is 0.294 e. The zero-order valence-corrected chi connectivity index (χ0v) is 14.8. The number of halogens is 1. The largest absolute Gasteiger partial charge is 0.449 e. The lowest BCUT2D eigenvalue weighted by Crippen LogP contribution is -2.10. The summed E-state index contributed by atoms with van der Waals surface area (Å²) in [6, 6.07) is 13.0. The first-order valence-electron chi connectivity index (χ1n) is 7.86. The Morgan fingerprint density at radius 1 is 1.12 bits per heavy atom. The van der Waals surface area contributed by atoms with Gasteiger partial charge in [0.25, 0.3) is 5.56 Å². The number of benzene rings is 2. The number of nitrogens with zero attached hydrogens (tertiary/aromatic N) is 2. The Morgan fingerprint density at radius 3 is 2.92 bits per heavy atom. The summed E-state index contributed by atoms with van der Waals surface area (Å²) >= 11 is 7.45. The highest BCUT2D eigenvalue weighted by atomic mass is 35.5. The van der Waals surface area contributed by atoms with Crippen molar-refractivity contribution < 1.29 is 4.42 Å². The fraction of sp³-hybridized carbons (Fsp3) is 0.0556. The van der Waals surface area contributed by atoms with E-state index in [-0.39, 0.29) is 11.1 Å². The van der Waals surface area contributed by atoms with Gasteiger partial charge in [-0.15, -0.1) is 0 Å². The van der Waals surface area contributed by atoms with Crippen molar-refractivity contribution in [2.75, 3.05) is 0 Å². The van der Waals surface area contributed by atoms with Crippen LogP contribution >= 0.6 is 23.4 Å². The van der Waals surface area contributed by atoms with Crippen LogP contribution in [0.15, 0.2) is 56.8 Å². The van der Waals surface area contributed by atoms with Gasteiger partial charge < -0.3 is 14.4 Å². The number of rotatable bonds is 3. The third-order valence-electron chi connectivity index (χ3n) is 4.05. The van der Waals surface area contributed by atoms with Crippen LogP contribution in [0.4, 0.5) is 0 Å². The minimum Gasteiger partial charge on any atom is -0.449 e. The molecule has 0 amide bonds. The van der Waals surface area contributed by atoms with Crippen LogP contribution in [0, 0.1) is 0 Å². The molecule has 0 saturated carbocycles. The van der Waals surface area contributed by atoms with E-state index >= 15 is 0 Å². The number of furan rings is 1. The molecule has 0 aliphatic rings. The number of para-hydroxylation sites is 1. The van der Waals surface area contributed by atoms with Gasteiger partial charge in [0.2, 0.25) is 5.58 Å². The van der Waals surface area contributed by atoms with Gasteiger partial charge in [-0.2, -0.15) is 0 Å². The van der Waals surface area contributed by atoms with Crippen LogP contribution in [0.25, 0.3) is 33.1 Å². The first-order chi connectivity index (χ1) is 12.7. The summed E-state index contributed by atoms with van der Waals surface area (Å²) in [4.78, 5) is 27.4. The summed E-state index contributed by atoms with van der Waals surface area (Å²) in [5, 5.41) is 2.22. The summed E-state index contributed by atoms with van der Waals surface area (Å²) in [5.41, 5.74) is 2.92. The Bertz CT molecular complexity index is 1340. The Labute approximate surface area is 155 Å². The third-order valence-corrected chi connectivity index (χ3v) is 5.17. The molecule has 2 N–H and O–H groups in total. The van der Waals surface area contributed by atoms with Crippen molar-refractivity contribution in [1.29, 1.82) is 0 Å². The summed E-state index contributed by atoms with van der Waals surface area (Å²) < 4.78 is 5.61. The number of hydrogen-bond donors (Lipinski definition) is 2. The zero-order valence-electron chi connectivity index (χ0n) is 13.2. The molecule has 0 fully saturated rings. The maximum atomic E-state index is 12.3. The van der Waals surface area contributed by atoms with Crippen molar-refractivity contribution >= 4 is 56.5 Å². The molecule has 0 aliphatic carbocycles. The van der Waals surface area contributed by atoms with Crippen LogP contribution in [-0.4, -0.2) is 19.9 Å². The van der Waals surface area contributed by atoms with Gasteiger partial charge in [-0.25, -0.2) is 9.97 Å². The molecule has 0 saturated heterocycles. The first-order valence-corrected chi connectivity index (χ1v) is 9.22. The van der Waals surface area contributed by atoms with E-state index in [1.54, 1.807) is 6.07 Å². The van der Waals surface area contributed by atoms with Crippen molar-refractivity contribution in [3.8, 4) is 0 Å². The van der Waals surface area contributed by atoms with Crippen molar-refractivity contribution in [3.63, 3.8) is 0 Å². The van der Waals surface area contributed by atoms with Gasteiger partial charge in [-0.3, -0.25) is 4.79 Å². The molecule has 8 heteroatoms. The predicted molar refractivity (Wildman–Crippen MR) is 103 cm³/mol. The number of hydrogen-bond acceptors (Lipinski definition) is 5. The molecule has 0 unspecified atom stereocenters. The van der Waals surface area contributed by atoms with Gasteiger partial charge in [0.1, 0.15) is 16.9 Å². The van der Waals surface area contributed by atoms with Crippen molar-refractivity contribution in [3.05, 3.63) is 63.7 Å². The highest BCUT2D eigenvalue weighted by Gasteiger charge is 2.13. The van der Waals surface area contributed by atoms with Crippen LogP contribution in [0.2, 0.25) is 5.02 Å². The number of thioether (sulfide) groups is 1. The van der Waals surface area contributed by atoms with E-state index in [4.69, 9.17) is 16.0 Å². The van der Waals surface area contributed by atoms with E-state index in [0.717, 1.165) is 21.6 Å². The average molecular weight is 383 g/mol. The van der Waals surface area contributed by atoms with E-state index in [9.17, 15) is 4.79 Å². The quantitative estimate of drug-likeness (QED) is 0.449. The highest BCUT2D eigenvalue weighted by molar-refractivity contribution is 7.98. The van der Waals surface area contributed by atoms with E-state index in [2.05, 4.69) is 19.9 Å². The fourth-order valence-electron chi connectivity index (χ4n) is 2.88. The fourth-order valence-corrected chi connectivity index (χ4v) is 3.81. The van der Waals surface area contributed by atoms with Gasteiger partial charge >= 0.3 is 0 Å². The summed E-state index contributed by atoms with van der Waals surface area (Å²) in [5.74, 6) is 1.04. The van der Waals surface area contributed by atoms with Crippen LogP contribution in [0.5, 0.6) is 0 Å². The molecule has 26 heavy (non-hydrogen) atoms. The second-order valence-corrected chi connectivity index (χ2v) is 7.18. The van der Waals surface area contributed by atoms with E-state index in [1.807, 2.05) is 36.4 Å². The lowest BCUT2D eigenvalue weighted by molar-refractivity contribution is 0.660. The molecular formula is C18H11ClN4O2S. The molecule has 5 rings (SSSR count). The number of fused-ring (bicyclic) bond motifs is 4. The predicted octanol–water partition coefficient (Wildman–Crippen LogP) is 4.49. The van der Waals surface area contributed by atoms with E-state index in [1.165, 1.54) is 11.8 Å². The van der Waals surface area contributed by atoms with Crippen molar-refractivity contribution in [2.45, 2.75) is 10.9 Å². The SMILES string of the molecule is O=c1[nH]c(CSc2nc3ccc(Cl)cc3[nH]2)nc2c1oc1ccccc12. The summed E-state index contributed by atoms with van der Waals surface area (Å²) in [6.45, 7) is 0. The van der Waals surface area contributed by atoms with Gasteiger partial charge in [0, 0.05) is 10.4 Å².